The molecule has 0 fully saturated rings. The first-order valence-corrected chi connectivity index (χ1v) is 8.16. The molecule has 3 nitrogen and oxygen atoms in total. The van der Waals surface area contributed by atoms with Crippen LogP contribution in [0.2, 0.25) is 0 Å². The average molecular weight is 304 g/mol. The highest BCUT2D eigenvalue weighted by Crippen LogP contribution is 2.34. The minimum absolute atomic E-state index is 0.798. The number of hydrogen-bond donors (Lipinski definition) is 1. The number of anilines is 1. The molecule has 0 atom stereocenters. The van der Waals surface area contributed by atoms with E-state index >= 15 is 0 Å². The lowest BCUT2D eigenvalue weighted by Gasteiger charge is -2.18. The normalized spacial score (nSPS) is 13.8. The maximum atomic E-state index is 6.43. The van der Waals surface area contributed by atoms with Gasteiger partial charge in [0.25, 0.3) is 0 Å². The fourth-order valence-corrected chi connectivity index (χ4v) is 3.32. The van der Waals surface area contributed by atoms with Crippen LogP contribution in [0.4, 0.5) is 5.69 Å². The second kappa shape index (κ2) is 5.58. The highest BCUT2D eigenvalue weighted by atomic mass is 16.5. The van der Waals surface area contributed by atoms with Crippen LogP contribution < -0.4 is 10.5 Å². The fraction of sp³-hybridized carbons (Fsp3) is 0.250. The second-order valence-electron chi connectivity index (χ2n) is 6.26. The van der Waals surface area contributed by atoms with E-state index in [9.17, 15) is 0 Å². The third-order valence-corrected chi connectivity index (χ3v) is 4.50. The Kier molecular flexibility index (Phi) is 3.41. The topological polar surface area (TPSA) is 48.1 Å². The molecule has 0 aliphatic heterocycles. The number of hydrogen-bond acceptors (Lipinski definition) is 3. The van der Waals surface area contributed by atoms with E-state index in [0.717, 1.165) is 40.9 Å². The quantitative estimate of drug-likeness (QED) is 0.740. The lowest BCUT2D eigenvalue weighted by molar-refractivity contribution is 0.483. The molecule has 23 heavy (non-hydrogen) atoms. The summed E-state index contributed by atoms with van der Waals surface area (Å²) in [5.41, 5.74) is 11.8. The number of aromatic nitrogens is 1. The molecular weight excluding hydrogens is 284 g/mol. The third-order valence-electron chi connectivity index (χ3n) is 4.50. The SMILES string of the molecule is Cc1cccc(Oc2ccc3nc4c(c(N)c3c2)CCCC4)c1. The monoisotopic (exact) mass is 304 g/mol. The van der Waals surface area contributed by atoms with E-state index in [2.05, 4.69) is 13.0 Å². The van der Waals surface area contributed by atoms with Crippen molar-refractivity contribution in [1.82, 2.24) is 4.98 Å². The minimum atomic E-state index is 0.798. The summed E-state index contributed by atoms with van der Waals surface area (Å²) in [5.74, 6) is 1.64. The van der Waals surface area contributed by atoms with Crippen molar-refractivity contribution >= 4 is 16.6 Å². The van der Waals surface area contributed by atoms with E-state index in [1.165, 1.54) is 29.7 Å². The van der Waals surface area contributed by atoms with Gasteiger partial charge < -0.3 is 10.5 Å². The predicted octanol–water partition coefficient (Wildman–Crippen LogP) is 4.80. The zero-order valence-electron chi connectivity index (χ0n) is 13.3. The average Bonchev–Trinajstić information content (AvgIpc) is 2.56. The summed E-state index contributed by atoms with van der Waals surface area (Å²) in [5, 5.41) is 0.996. The van der Waals surface area contributed by atoms with Crippen molar-refractivity contribution in [2.24, 2.45) is 0 Å². The third kappa shape index (κ3) is 2.63. The van der Waals surface area contributed by atoms with Gasteiger partial charge >= 0.3 is 0 Å². The molecule has 3 heteroatoms. The Balaban J connectivity index is 1.76. The fourth-order valence-electron chi connectivity index (χ4n) is 3.32. The molecular formula is C20H20N2O. The highest BCUT2D eigenvalue weighted by molar-refractivity contribution is 5.93. The van der Waals surface area contributed by atoms with Gasteiger partial charge in [0.05, 0.1) is 5.52 Å². The van der Waals surface area contributed by atoms with Crippen molar-refractivity contribution in [2.45, 2.75) is 32.6 Å². The summed E-state index contributed by atoms with van der Waals surface area (Å²) in [4.78, 5) is 4.80. The van der Waals surface area contributed by atoms with Gasteiger partial charge in [0.1, 0.15) is 11.5 Å². The van der Waals surface area contributed by atoms with Gasteiger partial charge in [-0.1, -0.05) is 12.1 Å². The molecule has 0 unspecified atom stereocenters. The lowest BCUT2D eigenvalue weighted by atomic mass is 9.93. The number of benzene rings is 2. The second-order valence-corrected chi connectivity index (χ2v) is 6.26. The van der Waals surface area contributed by atoms with Gasteiger partial charge in [-0.2, -0.15) is 0 Å². The summed E-state index contributed by atoms with van der Waals surface area (Å²) in [6.45, 7) is 2.06. The number of ether oxygens (including phenoxy) is 1. The van der Waals surface area contributed by atoms with Crippen LogP contribution in [0.3, 0.4) is 0 Å². The Morgan fingerprint density at radius 1 is 1.00 bits per heavy atom. The highest BCUT2D eigenvalue weighted by Gasteiger charge is 2.16. The maximum Gasteiger partial charge on any atom is 0.128 e. The van der Waals surface area contributed by atoms with E-state index < -0.39 is 0 Å². The maximum absolute atomic E-state index is 6.43. The van der Waals surface area contributed by atoms with Gasteiger partial charge in [-0.05, 0) is 74.1 Å². The Labute approximate surface area is 136 Å². The first kappa shape index (κ1) is 14.1. The Hall–Kier alpha value is -2.55. The summed E-state index contributed by atoms with van der Waals surface area (Å²) in [7, 11) is 0. The zero-order chi connectivity index (χ0) is 15.8. The zero-order valence-corrected chi connectivity index (χ0v) is 13.3. The molecule has 1 aromatic heterocycles. The van der Waals surface area contributed by atoms with Crippen molar-refractivity contribution in [3.05, 3.63) is 59.3 Å². The van der Waals surface area contributed by atoms with E-state index in [4.69, 9.17) is 15.5 Å². The molecule has 1 heterocycles. The molecule has 0 amide bonds. The Morgan fingerprint density at radius 2 is 1.83 bits per heavy atom. The lowest BCUT2D eigenvalue weighted by Crippen LogP contribution is -2.09. The smallest absolute Gasteiger partial charge is 0.128 e. The molecule has 116 valence electrons. The molecule has 0 radical (unpaired) electrons. The molecule has 4 rings (SSSR count). The van der Waals surface area contributed by atoms with E-state index in [1.807, 2.05) is 36.4 Å². The number of nitrogens with zero attached hydrogens (tertiary/aromatic N) is 1. The van der Waals surface area contributed by atoms with Gasteiger partial charge in [0.2, 0.25) is 0 Å². The van der Waals surface area contributed by atoms with Crippen LogP contribution in [-0.2, 0) is 12.8 Å². The minimum Gasteiger partial charge on any atom is -0.457 e. The predicted molar refractivity (Wildman–Crippen MR) is 94.1 cm³/mol. The standard InChI is InChI=1S/C20H20N2O/c1-13-5-4-6-14(11-13)23-15-9-10-19-17(12-15)20(21)16-7-2-3-8-18(16)22-19/h4-6,9-12H,2-3,7-8H2,1H3,(H2,21,22). The molecule has 1 aliphatic carbocycles. The van der Waals surface area contributed by atoms with Crippen molar-refractivity contribution < 1.29 is 4.74 Å². The molecule has 0 saturated heterocycles. The van der Waals surface area contributed by atoms with Crippen molar-refractivity contribution in [1.29, 1.82) is 0 Å². The first-order chi connectivity index (χ1) is 11.2. The molecule has 0 spiro atoms. The molecule has 2 N–H and O–H groups in total. The number of pyridine rings is 1. The number of nitrogen functional groups attached to an aromatic ring is 1. The van der Waals surface area contributed by atoms with Crippen LogP contribution in [-0.4, -0.2) is 4.98 Å². The largest absolute Gasteiger partial charge is 0.457 e. The van der Waals surface area contributed by atoms with Crippen molar-refractivity contribution in [3.63, 3.8) is 0 Å². The van der Waals surface area contributed by atoms with Crippen LogP contribution in [0, 0.1) is 6.92 Å². The Morgan fingerprint density at radius 3 is 2.70 bits per heavy atom. The molecule has 0 bridgehead atoms. The van der Waals surface area contributed by atoms with Crippen LogP contribution >= 0.6 is 0 Å². The van der Waals surface area contributed by atoms with E-state index in [-0.39, 0.29) is 0 Å². The van der Waals surface area contributed by atoms with Gasteiger partial charge in [-0.15, -0.1) is 0 Å². The van der Waals surface area contributed by atoms with Crippen LogP contribution in [0.25, 0.3) is 10.9 Å². The van der Waals surface area contributed by atoms with Gasteiger partial charge in [-0.3, -0.25) is 4.98 Å². The van der Waals surface area contributed by atoms with E-state index in [1.54, 1.807) is 0 Å². The van der Waals surface area contributed by atoms with Crippen molar-refractivity contribution in [2.75, 3.05) is 5.73 Å². The molecule has 2 aromatic carbocycles. The van der Waals surface area contributed by atoms with Crippen molar-refractivity contribution in [3.8, 4) is 11.5 Å². The van der Waals surface area contributed by atoms with Gasteiger partial charge in [0, 0.05) is 16.8 Å². The van der Waals surface area contributed by atoms with Gasteiger partial charge in [0.15, 0.2) is 0 Å². The number of nitrogens with two attached hydrogens (primary N) is 1. The molecule has 3 aromatic rings. The van der Waals surface area contributed by atoms with E-state index in [0.29, 0.717) is 0 Å². The summed E-state index contributed by atoms with van der Waals surface area (Å²) in [6, 6.07) is 14.0. The van der Waals surface area contributed by atoms with Crippen LogP contribution in [0.1, 0.15) is 29.7 Å². The number of fused-ring (bicyclic) bond motifs is 2. The van der Waals surface area contributed by atoms with Crippen LogP contribution in [0.15, 0.2) is 42.5 Å². The summed E-state index contributed by atoms with van der Waals surface area (Å²) < 4.78 is 5.98. The number of aryl methyl sites for hydroxylation is 2. The van der Waals surface area contributed by atoms with Gasteiger partial charge in [-0.25, -0.2) is 0 Å². The van der Waals surface area contributed by atoms with Crippen LogP contribution in [0.5, 0.6) is 11.5 Å². The number of rotatable bonds is 2. The summed E-state index contributed by atoms with van der Waals surface area (Å²) >= 11 is 0. The molecule has 0 saturated carbocycles. The molecule has 1 aliphatic rings. The Bertz CT molecular complexity index is 886. The first-order valence-electron chi connectivity index (χ1n) is 8.16. The summed E-state index contributed by atoms with van der Waals surface area (Å²) in [6.07, 6.45) is 4.48.